The van der Waals surface area contributed by atoms with Gasteiger partial charge < -0.3 is 4.90 Å². The van der Waals surface area contributed by atoms with E-state index in [1.165, 1.54) is 29.2 Å². The number of fused-ring (bicyclic) bond motifs is 1. The summed E-state index contributed by atoms with van der Waals surface area (Å²) < 4.78 is 28.0. The minimum absolute atomic E-state index is 0.152. The first kappa shape index (κ1) is 18.8. The van der Waals surface area contributed by atoms with Gasteiger partial charge >= 0.3 is 0 Å². The average Bonchev–Trinajstić information content (AvgIpc) is 3.15. The molecule has 1 saturated heterocycles. The summed E-state index contributed by atoms with van der Waals surface area (Å²) in [7, 11) is -0.405. The van der Waals surface area contributed by atoms with Gasteiger partial charge in [0.15, 0.2) is 0 Å². The third kappa shape index (κ3) is 3.84. The van der Waals surface area contributed by atoms with Crippen molar-refractivity contribution in [3.8, 4) is 11.3 Å². The molecule has 2 heterocycles. The zero-order valence-corrected chi connectivity index (χ0v) is 16.7. The van der Waals surface area contributed by atoms with E-state index in [-0.39, 0.29) is 6.04 Å². The van der Waals surface area contributed by atoms with Gasteiger partial charge in [-0.25, -0.2) is 9.97 Å². The van der Waals surface area contributed by atoms with Crippen LogP contribution < -0.4 is 9.62 Å². The highest BCUT2D eigenvalue weighted by Crippen LogP contribution is 2.25. The smallest absolute Gasteiger partial charge is 0.279 e. The Kier molecular flexibility index (Phi) is 5.01. The summed E-state index contributed by atoms with van der Waals surface area (Å²) in [6.45, 7) is 1.26. The zero-order valence-electron chi connectivity index (χ0n) is 15.9. The van der Waals surface area contributed by atoms with Crippen LogP contribution in [0.1, 0.15) is 6.42 Å². The van der Waals surface area contributed by atoms with Crippen molar-refractivity contribution in [2.75, 3.05) is 32.1 Å². The summed E-state index contributed by atoms with van der Waals surface area (Å²) in [4.78, 5) is 11.1. The quantitative estimate of drug-likeness (QED) is 0.715. The topological polar surface area (TPSA) is 78.4 Å². The summed E-state index contributed by atoms with van der Waals surface area (Å²) in [5, 5.41) is 2.36. The molecule has 7 nitrogen and oxygen atoms in total. The van der Waals surface area contributed by atoms with Gasteiger partial charge in [-0.3, -0.25) is 0 Å². The molecule has 0 amide bonds. The van der Waals surface area contributed by atoms with Crippen LogP contribution in [0.4, 0.5) is 5.95 Å². The van der Waals surface area contributed by atoms with E-state index in [0.29, 0.717) is 19.0 Å². The molecule has 1 aliphatic rings. The maximum Gasteiger partial charge on any atom is 0.279 e. The van der Waals surface area contributed by atoms with Gasteiger partial charge in [-0.1, -0.05) is 36.4 Å². The van der Waals surface area contributed by atoms with E-state index in [1.807, 2.05) is 23.1 Å². The van der Waals surface area contributed by atoms with Gasteiger partial charge in [-0.05, 0) is 29.3 Å². The molecular weight excluding hydrogens is 374 g/mol. The van der Waals surface area contributed by atoms with Crippen molar-refractivity contribution < 1.29 is 8.42 Å². The molecule has 1 fully saturated rings. The summed E-state index contributed by atoms with van der Waals surface area (Å²) in [6.07, 6.45) is 2.47. The molecule has 3 aromatic rings. The van der Waals surface area contributed by atoms with Crippen LogP contribution in [-0.2, 0) is 10.2 Å². The van der Waals surface area contributed by atoms with Crippen LogP contribution in [0, 0.1) is 0 Å². The molecule has 1 atom stereocenters. The molecule has 8 heteroatoms. The Bertz CT molecular complexity index is 1100. The van der Waals surface area contributed by atoms with E-state index in [1.54, 1.807) is 6.20 Å². The molecule has 0 bridgehead atoms. The minimum Gasteiger partial charge on any atom is -0.339 e. The molecule has 1 aromatic heterocycles. The molecule has 4 rings (SSSR count). The second-order valence-corrected chi connectivity index (χ2v) is 9.06. The molecule has 0 spiro atoms. The van der Waals surface area contributed by atoms with Crippen LogP contribution in [0.3, 0.4) is 0 Å². The number of hydrogen-bond acceptors (Lipinski definition) is 5. The third-order valence-electron chi connectivity index (χ3n) is 4.96. The normalized spacial score (nSPS) is 17.5. The first-order valence-electron chi connectivity index (χ1n) is 9.19. The molecule has 0 unspecified atom stereocenters. The number of anilines is 1. The van der Waals surface area contributed by atoms with E-state index in [4.69, 9.17) is 4.98 Å². The van der Waals surface area contributed by atoms with Gasteiger partial charge in [0, 0.05) is 45.0 Å². The monoisotopic (exact) mass is 397 g/mol. The molecule has 0 radical (unpaired) electrons. The summed E-state index contributed by atoms with van der Waals surface area (Å²) in [5.74, 6) is 0.622. The fourth-order valence-electron chi connectivity index (χ4n) is 3.36. The summed E-state index contributed by atoms with van der Waals surface area (Å²) >= 11 is 0. The molecule has 1 N–H and O–H groups in total. The van der Waals surface area contributed by atoms with Gasteiger partial charge in [-0.2, -0.15) is 17.4 Å². The Morgan fingerprint density at radius 3 is 2.68 bits per heavy atom. The highest BCUT2D eigenvalue weighted by Gasteiger charge is 2.28. The van der Waals surface area contributed by atoms with Crippen molar-refractivity contribution in [1.82, 2.24) is 19.0 Å². The van der Waals surface area contributed by atoms with Crippen molar-refractivity contribution in [2.24, 2.45) is 0 Å². The van der Waals surface area contributed by atoms with Crippen molar-refractivity contribution in [3.05, 3.63) is 54.7 Å². The predicted octanol–water partition coefficient (Wildman–Crippen LogP) is 2.27. The highest BCUT2D eigenvalue weighted by atomic mass is 32.2. The lowest BCUT2D eigenvalue weighted by Crippen LogP contribution is -2.43. The van der Waals surface area contributed by atoms with Gasteiger partial charge in [0.1, 0.15) is 0 Å². The molecule has 2 aromatic carbocycles. The molecule has 0 aliphatic carbocycles. The molecule has 0 saturated carbocycles. The lowest BCUT2D eigenvalue weighted by Gasteiger charge is -2.19. The largest absolute Gasteiger partial charge is 0.339 e. The molecular formula is C20H23N5O2S. The van der Waals surface area contributed by atoms with Crippen molar-refractivity contribution in [3.63, 3.8) is 0 Å². The van der Waals surface area contributed by atoms with E-state index in [0.717, 1.165) is 17.7 Å². The SMILES string of the molecule is CN(C)S(=O)(=O)N[C@H]1CCN(c2nccc(-c3ccc4ccccc4c3)n2)C1. The first-order valence-corrected chi connectivity index (χ1v) is 10.6. The number of aromatic nitrogens is 2. The van der Waals surface area contributed by atoms with Gasteiger partial charge in [0.2, 0.25) is 5.95 Å². The third-order valence-corrected chi connectivity index (χ3v) is 6.55. The fourth-order valence-corrected chi connectivity index (χ4v) is 4.19. The highest BCUT2D eigenvalue weighted by molar-refractivity contribution is 7.87. The Morgan fingerprint density at radius 1 is 1.11 bits per heavy atom. The van der Waals surface area contributed by atoms with Crippen molar-refractivity contribution in [2.45, 2.75) is 12.5 Å². The average molecular weight is 398 g/mol. The second kappa shape index (κ2) is 7.46. The van der Waals surface area contributed by atoms with E-state index < -0.39 is 10.2 Å². The zero-order chi connectivity index (χ0) is 19.7. The van der Waals surface area contributed by atoms with Crippen LogP contribution in [0.2, 0.25) is 0 Å². The lowest BCUT2D eigenvalue weighted by atomic mass is 10.1. The number of nitrogens with zero attached hydrogens (tertiary/aromatic N) is 4. The maximum absolute atomic E-state index is 12.0. The van der Waals surface area contributed by atoms with Crippen LogP contribution in [0.15, 0.2) is 54.7 Å². The minimum atomic E-state index is -3.44. The number of nitrogens with one attached hydrogen (secondary N) is 1. The van der Waals surface area contributed by atoms with E-state index in [2.05, 4.69) is 40.0 Å². The van der Waals surface area contributed by atoms with E-state index in [9.17, 15) is 8.42 Å². The van der Waals surface area contributed by atoms with Crippen molar-refractivity contribution >= 4 is 26.9 Å². The Morgan fingerprint density at radius 2 is 1.89 bits per heavy atom. The van der Waals surface area contributed by atoms with Crippen LogP contribution in [0.25, 0.3) is 22.0 Å². The van der Waals surface area contributed by atoms with E-state index >= 15 is 0 Å². The van der Waals surface area contributed by atoms with Gasteiger partial charge in [0.25, 0.3) is 10.2 Å². The Balaban J connectivity index is 1.54. The number of hydrogen-bond donors (Lipinski definition) is 1. The van der Waals surface area contributed by atoms with Crippen molar-refractivity contribution in [1.29, 1.82) is 0 Å². The Labute approximate surface area is 165 Å². The summed E-state index contributed by atoms with van der Waals surface area (Å²) in [5.41, 5.74) is 1.89. The molecule has 146 valence electrons. The predicted molar refractivity (Wildman–Crippen MR) is 111 cm³/mol. The number of rotatable bonds is 5. The van der Waals surface area contributed by atoms with Gasteiger partial charge in [0.05, 0.1) is 5.69 Å². The van der Waals surface area contributed by atoms with Crippen LogP contribution >= 0.6 is 0 Å². The summed E-state index contributed by atoms with van der Waals surface area (Å²) in [6, 6.07) is 16.2. The lowest BCUT2D eigenvalue weighted by molar-refractivity contribution is 0.491. The fraction of sp³-hybridized carbons (Fsp3) is 0.300. The molecule has 1 aliphatic heterocycles. The van der Waals surface area contributed by atoms with Crippen LogP contribution in [-0.4, -0.2) is 55.9 Å². The maximum atomic E-state index is 12.0. The number of benzene rings is 2. The standard InChI is InChI=1S/C20H23N5O2S/c1-24(2)28(26,27)23-18-10-12-25(14-18)20-21-11-9-19(22-20)17-8-7-15-5-3-4-6-16(15)13-17/h3-9,11,13,18,23H,10,12,14H2,1-2H3/t18-/m0/s1. The van der Waals surface area contributed by atoms with Crippen LogP contribution in [0.5, 0.6) is 0 Å². The Hall–Kier alpha value is -2.55. The van der Waals surface area contributed by atoms with Gasteiger partial charge in [-0.15, -0.1) is 0 Å². The second-order valence-electron chi connectivity index (χ2n) is 7.14. The molecule has 28 heavy (non-hydrogen) atoms. The first-order chi connectivity index (χ1) is 13.4.